The summed E-state index contributed by atoms with van der Waals surface area (Å²) in [6, 6.07) is 6.34. The molecular formula is C21H26ClFN2O4. The van der Waals surface area contributed by atoms with Gasteiger partial charge in [-0.3, -0.25) is 4.79 Å². The second-order valence-electron chi connectivity index (χ2n) is 8.07. The van der Waals surface area contributed by atoms with E-state index in [1.54, 1.807) is 33.8 Å². The molecular weight excluding hydrogens is 399 g/mol. The number of carbonyl (C=O) groups excluding carboxylic acids is 2. The van der Waals surface area contributed by atoms with E-state index in [9.17, 15) is 19.2 Å². The van der Waals surface area contributed by atoms with Crippen molar-refractivity contribution in [3.63, 3.8) is 0 Å². The number of hydrogen-bond acceptors (Lipinski definition) is 5. The summed E-state index contributed by atoms with van der Waals surface area (Å²) in [5.74, 6) is -2.42. The van der Waals surface area contributed by atoms with Gasteiger partial charge in [0.15, 0.2) is 5.92 Å². The number of ether oxygens (including phenoxy) is 2. The molecule has 0 aromatic heterocycles. The van der Waals surface area contributed by atoms with Crippen LogP contribution in [0, 0.1) is 23.1 Å². The molecule has 8 heteroatoms. The summed E-state index contributed by atoms with van der Waals surface area (Å²) in [5, 5.41) is 9.74. The van der Waals surface area contributed by atoms with Gasteiger partial charge in [-0.25, -0.2) is 9.18 Å². The van der Waals surface area contributed by atoms with Crippen molar-refractivity contribution in [3.05, 3.63) is 34.6 Å². The quantitative estimate of drug-likeness (QED) is 0.667. The minimum atomic E-state index is -1.14. The molecule has 29 heavy (non-hydrogen) atoms. The van der Waals surface area contributed by atoms with Crippen molar-refractivity contribution in [2.24, 2.45) is 5.92 Å². The van der Waals surface area contributed by atoms with E-state index < -0.39 is 34.8 Å². The zero-order valence-electron chi connectivity index (χ0n) is 17.1. The number of likely N-dealkylation sites (tertiary alicyclic amines) is 1. The predicted molar refractivity (Wildman–Crippen MR) is 106 cm³/mol. The number of esters is 1. The Morgan fingerprint density at radius 3 is 2.45 bits per heavy atom. The highest BCUT2D eigenvalue weighted by Gasteiger charge is 2.48. The first kappa shape index (κ1) is 23.0. The zero-order valence-corrected chi connectivity index (χ0v) is 17.9. The van der Waals surface area contributed by atoms with Gasteiger partial charge in [-0.2, -0.15) is 5.26 Å². The molecule has 1 aromatic carbocycles. The Morgan fingerprint density at radius 1 is 1.34 bits per heavy atom. The highest BCUT2D eigenvalue weighted by atomic mass is 35.5. The number of nitriles is 1. The third-order valence-corrected chi connectivity index (χ3v) is 5.31. The van der Waals surface area contributed by atoms with Crippen molar-refractivity contribution < 1.29 is 23.5 Å². The van der Waals surface area contributed by atoms with E-state index in [-0.39, 0.29) is 37.6 Å². The highest BCUT2D eigenvalue weighted by Crippen LogP contribution is 2.43. The standard InChI is InChI=1S/C21H26ClFN2O4/c1-5-28-18(26)15(13-24)21(14-6-7-16(22)17(23)12-14)8-10-25(11-9-21)19(27)29-20(2,3)4/h6-7,12,15H,5,8-11H2,1-4H3. The first-order valence-corrected chi connectivity index (χ1v) is 9.91. The molecule has 1 aliphatic rings. The summed E-state index contributed by atoms with van der Waals surface area (Å²) in [7, 11) is 0. The Hall–Kier alpha value is -2.33. The smallest absolute Gasteiger partial charge is 0.410 e. The van der Waals surface area contributed by atoms with Crippen LogP contribution in [0.2, 0.25) is 5.02 Å². The second kappa shape index (κ2) is 9.00. The van der Waals surface area contributed by atoms with Gasteiger partial charge in [0.25, 0.3) is 0 Å². The lowest BCUT2D eigenvalue weighted by molar-refractivity contribution is -0.149. The molecule has 0 bridgehead atoms. The number of rotatable bonds is 4. The maximum Gasteiger partial charge on any atom is 0.410 e. The van der Waals surface area contributed by atoms with E-state index >= 15 is 0 Å². The molecule has 1 fully saturated rings. The Balaban J connectivity index is 2.38. The lowest BCUT2D eigenvalue weighted by Crippen LogP contribution is -2.51. The molecule has 2 rings (SSSR count). The minimum Gasteiger partial charge on any atom is -0.465 e. The summed E-state index contributed by atoms with van der Waals surface area (Å²) in [5.41, 5.74) is -1.14. The summed E-state index contributed by atoms with van der Waals surface area (Å²) >= 11 is 5.82. The van der Waals surface area contributed by atoms with Gasteiger partial charge in [0, 0.05) is 18.5 Å². The molecule has 0 N–H and O–H groups in total. The van der Waals surface area contributed by atoms with Crippen LogP contribution < -0.4 is 0 Å². The van der Waals surface area contributed by atoms with E-state index in [2.05, 4.69) is 0 Å². The van der Waals surface area contributed by atoms with Crippen LogP contribution in [-0.2, 0) is 19.7 Å². The molecule has 0 radical (unpaired) electrons. The first-order chi connectivity index (χ1) is 13.5. The maximum atomic E-state index is 14.2. The maximum absolute atomic E-state index is 14.2. The fourth-order valence-electron chi connectivity index (χ4n) is 3.59. The van der Waals surface area contributed by atoms with Crippen LogP contribution in [0.3, 0.4) is 0 Å². The Kier molecular flexibility index (Phi) is 7.12. The Labute approximate surface area is 175 Å². The van der Waals surface area contributed by atoms with E-state index in [4.69, 9.17) is 21.1 Å². The molecule has 0 aliphatic carbocycles. The largest absolute Gasteiger partial charge is 0.465 e. The van der Waals surface area contributed by atoms with E-state index in [0.717, 1.165) is 0 Å². The van der Waals surface area contributed by atoms with Crippen molar-refractivity contribution in [1.82, 2.24) is 4.90 Å². The van der Waals surface area contributed by atoms with Gasteiger partial charge in [-0.05, 0) is 58.2 Å². The van der Waals surface area contributed by atoms with E-state index in [1.807, 2.05) is 6.07 Å². The summed E-state index contributed by atoms with van der Waals surface area (Å²) < 4.78 is 24.7. The average molecular weight is 425 g/mol. The van der Waals surface area contributed by atoms with Crippen LogP contribution in [-0.4, -0.2) is 42.3 Å². The van der Waals surface area contributed by atoms with Crippen molar-refractivity contribution in [2.75, 3.05) is 19.7 Å². The van der Waals surface area contributed by atoms with Gasteiger partial charge in [0.05, 0.1) is 17.7 Å². The number of nitrogens with zero attached hydrogens (tertiary/aromatic N) is 2. The molecule has 1 amide bonds. The van der Waals surface area contributed by atoms with Crippen LogP contribution in [0.4, 0.5) is 9.18 Å². The number of carbonyl (C=O) groups is 2. The van der Waals surface area contributed by atoms with E-state index in [1.165, 1.54) is 17.0 Å². The molecule has 158 valence electrons. The van der Waals surface area contributed by atoms with Gasteiger partial charge in [-0.15, -0.1) is 0 Å². The van der Waals surface area contributed by atoms with Crippen molar-refractivity contribution in [1.29, 1.82) is 5.26 Å². The first-order valence-electron chi connectivity index (χ1n) is 9.54. The average Bonchev–Trinajstić information content (AvgIpc) is 2.63. The van der Waals surface area contributed by atoms with Crippen LogP contribution in [0.15, 0.2) is 18.2 Å². The van der Waals surface area contributed by atoms with E-state index in [0.29, 0.717) is 5.56 Å². The Morgan fingerprint density at radius 2 is 1.97 bits per heavy atom. The number of hydrogen-bond donors (Lipinski definition) is 0. The fourth-order valence-corrected chi connectivity index (χ4v) is 3.71. The summed E-state index contributed by atoms with van der Waals surface area (Å²) in [4.78, 5) is 26.5. The van der Waals surface area contributed by atoms with Gasteiger partial charge in [0.2, 0.25) is 0 Å². The fraction of sp³-hybridized carbons (Fsp3) is 0.571. The van der Waals surface area contributed by atoms with Crippen molar-refractivity contribution in [3.8, 4) is 6.07 Å². The summed E-state index contributed by atoms with van der Waals surface area (Å²) in [6.45, 7) is 7.65. The Bertz CT molecular complexity index is 808. The third-order valence-electron chi connectivity index (χ3n) is 5.01. The van der Waals surface area contributed by atoms with Gasteiger partial charge >= 0.3 is 12.1 Å². The molecule has 6 nitrogen and oxygen atoms in total. The van der Waals surface area contributed by atoms with Crippen molar-refractivity contribution >= 4 is 23.7 Å². The zero-order chi connectivity index (χ0) is 21.8. The molecule has 1 aliphatic heterocycles. The van der Waals surface area contributed by atoms with Crippen LogP contribution in [0.25, 0.3) is 0 Å². The molecule has 1 saturated heterocycles. The number of halogens is 2. The molecule has 1 atom stereocenters. The molecule has 0 saturated carbocycles. The minimum absolute atomic E-state index is 0.0419. The molecule has 1 heterocycles. The lowest BCUT2D eigenvalue weighted by Gasteiger charge is -2.44. The molecule has 1 aromatic rings. The lowest BCUT2D eigenvalue weighted by atomic mass is 9.64. The highest BCUT2D eigenvalue weighted by molar-refractivity contribution is 6.30. The normalized spacial score (nSPS) is 17.2. The SMILES string of the molecule is CCOC(=O)C(C#N)C1(c2ccc(Cl)c(F)c2)CCN(C(=O)OC(C)(C)C)CC1. The van der Waals surface area contributed by atoms with Gasteiger partial charge < -0.3 is 14.4 Å². The predicted octanol–water partition coefficient (Wildman–Crippen LogP) is 4.45. The van der Waals surface area contributed by atoms with Crippen molar-refractivity contribution in [2.45, 2.75) is 51.6 Å². The van der Waals surface area contributed by atoms with Gasteiger partial charge in [0.1, 0.15) is 11.4 Å². The van der Waals surface area contributed by atoms with Crippen LogP contribution in [0.1, 0.15) is 46.1 Å². The topological polar surface area (TPSA) is 79.6 Å². The van der Waals surface area contributed by atoms with Crippen LogP contribution in [0.5, 0.6) is 0 Å². The molecule has 0 spiro atoms. The third kappa shape index (κ3) is 5.18. The number of benzene rings is 1. The van der Waals surface area contributed by atoms with Gasteiger partial charge in [-0.1, -0.05) is 17.7 Å². The number of piperidine rings is 1. The molecule has 1 unspecified atom stereocenters. The second-order valence-corrected chi connectivity index (χ2v) is 8.47. The van der Waals surface area contributed by atoms with Crippen LogP contribution >= 0.6 is 11.6 Å². The summed E-state index contributed by atoms with van der Waals surface area (Å²) in [6.07, 6.45) is 0.104. The number of amides is 1. The monoisotopic (exact) mass is 424 g/mol.